The molecule has 4 aromatic rings. The molecule has 3 aromatic heterocycles. The predicted molar refractivity (Wildman–Crippen MR) is 138 cm³/mol. The number of rotatable bonds is 6. The summed E-state index contributed by atoms with van der Waals surface area (Å²) >= 11 is 0. The summed E-state index contributed by atoms with van der Waals surface area (Å²) in [7, 11) is 0. The molecule has 0 atom stereocenters. The number of hydrogen-bond donors (Lipinski definition) is 2. The van der Waals surface area contributed by atoms with Crippen molar-refractivity contribution in [3.8, 4) is 5.69 Å². The highest BCUT2D eigenvalue weighted by molar-refractivity contribution is 5.77. The number of hydrogen-bond acceptors (Lipinski definition) is 6. The minimum absolute atomic E-state index is 0.0747. The molecule has 0 spiro atoms. The van der Waals surface area contributed by atoms with Crippen molar-refractivity contribution in [3.05, 3.63) is 69.9 Å². The van der Waals surface area contributed by atoms with Crippen molar-refractivity contribution in [2.45, 2.75) is 57.5 Å². The molecule has 1 aliphatic heterocycles. The molecule has 1 aliphatic carbocycles. The van der Waals surface area contributed by atoms with Crippen molar-refractivity contribution < 1.29 is 4.39 Å². The molecule has 0 unspecified atom stereocenters. The van der Waals surface area contributed by atoms with E-state index >= 15 is 0 Å². The SMILES string of the molecule is CCn1c(=O)c2cnc(Nc3ccc4c(c3)CNCC4(C)C)nc2n1-c1ccnc(C2(CF)CC2)c1. The maximum absolute atomic E-state index is 13.7. The monoisotopic (exact) mass is 487 g/mol. The molecule has 36 heavy (non-hydrogen) atoms. The summed E-state index contributed by atoms with van der Waals surface area (Å²) < 4.78 is 17.2. The first kappa shape index (κ1) is 22.8. The minimum atomic E-state index is -0.492. The average molecular weight is 488 g/mol. The lowest BCUT2D eigenvalue weighted by molar-refractivity contribution is 0.412. The maximum Gasteiger partial charge on any atom is 0.278 e. The molecule has 2 aliphatic rings. The van der Waals surface area contributed by atoms with Gasteiger partial charge in [-0.05, 0) is 55.2 Å². The number of pyridine rings is 1. The molecule has 2 N–H and O–H groups in total. The van der Waals surface area contributed by atoms with Crippen LogP contribution in [0.1, 0.15) is 50.4 Å². The first-order valence-corrected chi connectivity index (χ1v) is 12.5. The van der Waals surface area contributed by atoms with Crippen LogP contribution in [0, 0.1) is 0 Å². The molecular formula is C27H30FN7O. The molecule has 1 saturated carbocycles. The van der Waals surface area contributed by atoms with E-state index in [1.165, 1.54) is 11.1 Å². The fourth-order valence-electron chi connectivity index (χ4n) is 5.30. The number of alkyl halides is 1. The van der Waals surface area contributed by atoms with Crippen molar-refractivity contribution >= 4 is 22.7 Å². The lowest BCUT2D eigenvalue weighted by Crippen LogP contribution is -2.38. The Kier molecular flexibility index (Phi) is 5.22. The van der Waals surface area contributed by atoms with Crippen molar-refractivity contribution in [1.82, 2.24) is 29.6 Å². The van der Waals surface area contributed by atoms with E-state index in [4.69, 9.17) is 4.98 Å². The minimum Gasteiger partial charge on any atom is -0.324 e. The van der Waals surface area contributed by atoms with Crippen LogP contribution in [0.15, 0.2) is 47.5 Å². The summed E-state index contributed by atoms with van der Waals surface area (Å²) in [4.78, 5) is 26.8. The molecule has 0 saturated heterocycles. The number of benzene rings is 1. The van der Waals surface area contributed by atoms with Gasteiger partial charge in [0.25, 0.3) is 5.56 Å². The molecule has 9 heteroatoms. The lowest BCUT2D eigenvalue weighted by atomic mass is 9.79. The van der Waals surface area contributed by atoms with Crippen LogP contribution in [-0.2, 0) is 23.9 Å². The number of nitrogens with zero attached hydrogens (tertiary/aromatic N) is 5. The van der Waals surface area contributed by atoms with Crippen LogP contribution in [0.2, 0.25) is 0 Å². The number of anilines is 2. The van der Waals surface area contributed by atoms with Gasteiger partial charge in [0.05, 0.1) is 11.4 Å². The Hall–Kier alpha value is -3.59. The van der Waals surface area contributed by atoms with E-state index in [9.17, 15) is 9.18 Å². The Morgan fingerprint density at radius 2 is 2.00 bits per heavy atom. The van der Waals surface area contributed by atoms with E-state index in [-0.39, 0.29) is 11.0 Å². The molecule has 0 amide bonds. The molecule has 186 valence electrons. The first-order valence-electron chi connectivity index (χ1n) is 12.5. The third-order valence-corrected chi connectivity index (χ3v) is 7.59. The quantitative estimate of drug-likeness (QED) is 0.425. The molecule has 0 radical (unpaired) electrons. The highest BCUT2D eigenvalue weighted by atomic mass is 19.1. The zero-order chi connectivity index (χ0) is 25.1. The Balaban J connectivity index is 1.42. The van der Waals surface area contributed by atoms with Gasteiger partial charge < -0.3 is 10.6 Å². The number of aromatic nitrogens is 5. The first-order chi connectivity index (χ1) is 17.3. The fraction of sp³-hybridized carbons (Fsp3) is 0.407. The van der Waals surface area contributed by atoms with Crippen molar-refractivity contribution in [1.29, 1.82) is 0 Å². The van der Waals surface area contributed by atoms with Crippen LogP contribution in [0.3, 0.4) is 0 Å². The van der Waals surface area contributed by atoms with E-state index in [0.29, 0.717) is 23.5 Å². The van der Waals surface area contributed by atoms with Crippen molar-refractivity contribution in [2.24, 2.45) is 0 Å². The van der Waals surface area contributed by atoms with Gasteiger partial charge in [-0.25, -0.2) is 14.3 Å². The maximum atomic E-state index is 13.7. The number of halogens is 1. The lowest BCUT2D eigenvalue weighted by Gasteiger charge is -2.33. The third-order valence-electron chi connectivity index (χ3n) is 7.59. The molecule has 4 heterocycles. The van der Waals surface area contributed by atoms with Gasteiger partial charge in [-0.2, -0.15) is 4.98 Å². The Morgan fingerprint density at radius 3 is 2.75 bits per heavy atom. The summed E-state index contributed by atoms with van der Waals surface area (Å²) in [6.07, 6.45) is 4.83. The normalized spacial score (nSPS) is 17.7. The summed E-state index contributed by atoms with van der Waals surface area (Å²) in [5.41, 5.74) is 4.86. The fourth-order valence-corrected chi connectivity index (χ4v) is 5.30. The topological polar surface area (TPSA) is 89.7 Å². The van der Waals surface area contributed by atoms with Gasteiger partial charge in [-0.3, -0.25) is 14.2 Å². The third kappa shape index (κ3) is 3.61. The highest BCUT2D eigenvalue weighted by Gasteiger charge is 2.46. The summed E-state index contributed by atoms with van der Waals surface area (Å²) in [6, 6.07) is 10.0. The molecule has 1 aromatic carbocycles. The van der Waals surface area contributed by atoms with Gasteiger partial charge in [-0.1, -0.05) is 19.9 Å². The summed E-state index contributed by atoms with van der Waals surface area (Å²) in [5, 5.41) is 7.23. The standard InChI is InChI=1S/C27H30FN7O/c1-4-34-24(36)20-14-31-25(32-18-5-6-21-17(11-18)13-29-16-26(21,2)3)33-23(20)35(34)19-7-10-30-22(12-19)27(15-28)8-9-27/h5-7,10-12,14,29H,4,8-9,13,15-16H2,1-3H3,(H,31,32,33). The Bertz CT molecular complexity index is 1530. The van der Waals surface area contributed by atoms with Gasteiger partial charge >= 0.3 is 0 Å². The van der Waals surface area contributed by atoms with Crippen LogP contribution in [-0.4, -0.2) is 37.5 Å². The van der Waals surface area contributed by atoms with Gasteiger partial charge in [0.1, 0.15) is 12.1 Å². The second-order valence-electron chi connectivity index (χ2n) is 10.6. The molecule has 8 nitrogen and oxygen atoms in total. The second kappa shape index (κ2) is 8.23. The molecule has 0 bridgehead atoms. The van der Waals surface area contributed by atoms with Gasteiger partial charge in [0.15, 0.2) is 5.65 Å². The van der Waals surface area contributed by atoms with Gasteiger partial charge in [0.2, 0.25) is 5.95 Å². The Labute approximate surface area is 208 Å². The van der Waals surface area contributed by atoms with E-state index in [0.717, 1.165) is 43.0 Å². The van der Waals surface area contributed by atoms with E-state index in [2.05, 4.69) is 46.6 Å². The van der Waals surface area contributed by atoms with Gasteiger partial charge in [0, 0.05) is 48.5 Å². The predicted octanol–water partition coefficient (Wildman–Crippen LogP) is 4.12. The molecule has 6 rings (SSSR count). The van der Waals surface area contributed by atoms with Crippen molar-refractivity contribution in [3.63, 3.8) is 0 Å². The second-order valence-corrected chi connectivity index (χ2v) is 10.6. The van der Waals surface area contributed by atoms with E-state index in [1.807, 2.05) is 25.1 Å². The molecular weight excluding hydrogens is 457 g/mol. The van der Waals surface area contributed by atoms with E-state index < -0.39 is 12.1 Å². The zero-order valence-electron chi connectivity index (χ0n) is 20.8. The van der Waals surface area contributed by atoms with Crippen LogP contribution in [0.25, 0.3) is 16.7 Å². The average Bonchev–Trinajstić information content (AvgIpc) is 3.63. The smallest absolute Gasteiger partial charge is 0.278 e. The van der Waals surface area contributed by atoms with Crippen LogP contribution in [0.4, 0.5) is 16.0 Å². The van der Waals surface area contributed by atoms with Crippen LogP contribution < -0.4 is 16.2 Å². The zero-order valence-corrected chi connectivity index (χ0v) is 20.8. The summed E-state index contributed by atoms with van der Waals surface area (Å²) in [6.45, 7) is 8.18. The highest BCUT2D eigenvalue weighted by Crippen LogP contribution is 2.47. The van der Waals surface area contributed by atoms with E-state index in [1.54, 1.807) is 21.8 Å². The van der Waals surface area contributed by atoms with Crippen molar-refractivity contribution in [2.75, 3.05) is 18.5 Å². The Morgan fingerprint density at radius 1 is 1.17 bits per heavy atom. The van der Waals surface area contributed by atoms with Gasteiger partial charge in [-0.15, -0.1) is 0 Å². The van der Waals surface area contributed by atoms with Crippen LogP contribution >= 0.6 is 0 Å². The van der Waals surface area contributed by atoms with Crippen LogP contribution in [0.5, 0.6) is 0 Å². The largest absolute Gasteiger partial charge is 0.324 e. The number of fused-ring (bicyclic) bond motifs is 2. The molecule has 1 fully saturated rings. The number of nitrogens with one attached hydrogen (secondary N) is 2. The summed E-state index contributed by atoms with van der Waals surface area (Å²) in [5.74, 6) is 0.407.